The van der Waals surface area contributed by atoms with E-state index in [9.17, 15) is 8.78 Å². The van der Waals surface area contributed by atoms with Gasteiger partial charge in [0.1, 0.15) is 0 Å². The third-order valence-electron chi connectivity index (χ3n) is 2.21. The fourth-order valence-corrected chi connectivity index (χ4v) is 2.04. The number of hydrogen-bond donors (Lipinski definition) is 1. The first-order chi connectivity index (χ1) is 7.50. The first-order valence-electron chi connectivity index (χ1n) is 4.44. The zero-order chi connectivity index (χ0) is 11.9. The van der Waals surface area contributed by atoms with Gasteiger partial charge in [-0.2, -0.15) is 5.10 Å². The van der Waals surface area contributed by atoms with E-state index in [4.69, 9.17) is 5.73 Å². The molecule has 84 valence electrons. The normalized spacial score (nSPS) is 10.8. The van der Waals surface area contributed by atoms with Crippen LogP contribution < -0.4 is 5.73 Å². The van der Waals surface area contributed by atoms with Crippen molar-refractivity contribution in [1.82, 2.24) is 9.78 Å². The summed E-state index contributed by atoms with van der Waals surface area (Å²) < 4.78 is 27.9. The number of nitrogens with zero attached hydrogens (tertiary/aromatic N) is 2. The van der Waals surface area contributed by atoms with E-state index >= 15 is 0 Å². The van der Waals surface area contributed by atoms with E-state index in [0.29, 0.717) is 21.5 Å². The van der Waals surface area contributed by atoms with Crippen molar-refractivity contribution in [3.8, 4) is 11.3 Å². The van der Waals surface area contributed by atoms with Gasteiger partial charge in [0.25, 0.3) is 0 Å². The van der Waals surface area contributed by atoms with E-state index in [-0.39, 0.29) is 0 Å². The zero-order valence-electron chi connectivity index (χ0n) is 8.34. The number of hydrogen-bond acceptors (Lipinski definition) is 2. The fraction of sp³-hybridized carbons (Fsp3) is 0.100. The summed E-state index contributed by atoms with van der Waals surface area (Å²) in [6.45, 7) is 0. The molecule has 0 aliphatic carbocycles. The summed E-state index contributed by atoms with van der Waals surface area (Å²) in [6, 6.07) is 3.65. The van der Waals surface area contributed by atoms with Crippen LogP contribution in [0.25, 0.3) is 11.3 Å². The molecule has 2 rings (SSSR count). The third-order valence-corrected chi connectivity index (χ3v) is 2.99. The van der Waals surface area contributed by atoms with E-state index in [0.717, 1.165) is 12.1 Å². The van der Waals surface area contributed by atoms with Gasteiger partial charge in [0.15, 0.2) is 17.5 Å². The Balaban J connectivity index is 2.63. The molecular formula is C10H8BrF2N3. The molecule has 0 aliphatic rings. The van der Waals surface area contributed by atoms with Gasteiger partial charge in [0.2, 0.25) is 0 Å². The number of nitrogens with two attached hydrogens (primary N) is 1. The van der Waals surface area contributed by atoms with Crippen LogP contribution in [0.3, 0.4) is 0 Å². The monoisotopic (exact) mass is 287 g/mol. The Morgan fingerprint density at radius 3 is 2.50 bits per heavy atom. The maximum Gasteiger partial charge on any atom is 0.160 e. The quantitative estimate of drug-likeness (QED) is 0.876. The highest BCUT2D eigenvalue weighted by atomic mass is 79.9. The SMILES string of the molecule is Cn1nc(N)c(Br)c1-c1ccc(F)c(F)c1. The van der Waals surface area contributed by atoms with Crippen LogP contribution in [0.2, 0.25) is 0 Å². The molecule has 2 aromatic rings. The van der Waals surface area contributed by atoms with Crippen LogP contribution >= 0.6 is 15.9 Å². The van der Waals surface area contributed by atoms with Gasteiger partial charge in [0, 0.05) is 12.6 Å². The number of aryl methyl sites for hydroxylation is 1. The summed E-state index contributed by atoms with van der Waals surface area (Å²) in [4.78, 5) is 0. The van der Waals surface area contributed by atoms with E-state index < -0.39 is 11.6 Å². The van der Waals surface area contributed by atoms with Gasteiger partial charge < -0.3 is 5.73 Å². The van der Waals surface area contributed by atoms with Gasteiger partial charge in [-0.1, -0.05) is 0 Å². The molecule has 1 heterocycles. The highest BCUT2D eigenvalue weighted by Crippen LogP contribution is 2.32. The second-order valence-corrected chi connectivity index (χ2v) is 4.09. The smallest absolute Gasteiger partial charge is 0.160 e. The molecule has 0 spiro atoms. The van der Waals surface area contributed by atoms with Gasteiger partial charge in [-0.25, -0.2) is 8.78 Å². The molecule has 1 aromatic heterocycles. The van der Waals surface area contributed by atoms with Crippen LogP contribution in [-0.4, -0.2) is 9.78 Å². The largest absolute Gasteiger partial charge is 0.381 e. The average Bonchev–Trinajstić information content (AvgIpc) is 2.47. The Morgan fingerprint density at radius 2 is 2.00 bits per heavy atom. The number of halogens is 3. The first kappa shape index (κ1) is 11.1. The third kappa shape index (κ3) is 1.69. The van der Waals surface area contributed by atoms with E-state index in [1.54, 1.807) is 7.05 Å². The maximum absolute atomic E-state index is 13.1. The van der Waals surface area contributed by atoms with E-state index in [1.165, 1.54) is 10.7 Å². The fourth-order valence-electron chi connectivity index (χ4n) is 1.48. The lowest BCUT2D eigenvalue weighted by Gasteiger charge is -2.03. The van der Waals surface area contributed by atoms with Crippen molar-refractivity contribution in [2.45, 2.75) is 0 Å². The maximum atomic E-state index is 13.1. The molecule has 3 nitrogen and oxygen atoms in total. The minimum absolute atomic E-state index is 0.308. The molecule has 0 atom stereocenters. The molecule has 0 saturated carbocycles. The van der Waals surface area contributed by atoms with Crippen LogP contribution in [0.15, 0.2) is 22.7 Å². The molecule has 0 amide bonds. The first-order valence-corrected chi connectivity index (χ1v) is 5.23. The van der Waals surface area contributed by atoms with Gasteiger partial charge >= 0.3 is 0 Å². The highest BCUT2D eigenvalue weighted by Gasteiger charge is 2.14. The predicted octanol–water partition coefficient (Wildman–Crippen LogP) is 2.71. The minimum atomic E-state index is -0.899. The Labute approximate surface area is 99.0 Å². The Kier molecular flexibility index (Phi) is 2.67. The van der Waals surface area contributed by atoms with Crippen molar-refractivity contribution in [3.05, 3.63) is 34.3 Å². The number of rotatable bonds is 1. The van der Waals surface area contributed by atoms with E-state index in [1.807, 2.05) is 0 Å². The Bertz CT molecular complexity index is 551. The molecule has 16 heavy (non-hydrogen) atoms. The van der Waals surface area contributed by atoms with Crippen molar-refractivity contribution in [1.29, 1.82) is 0 Å². The molecule has 0 bridgehead atoms. The van der Waals surface area contributed by atoms with Crippen LogP contribution in [-0.2, 0) is 7.05 Å². The van der Waals surface area contributed by atoms with Crippen molar-refractivity contribution in [3.63, 3.8) is 0 Å². The average molecular weight is 288 g/mol. The zero-order valence-corrected chi connectivity index (χ0v) is 9.92. The van der Waals surface area contributed by atoms with Crippen molar-refractivity contribution in [2.24, 2.45) is 7.05 Å². The standard InChI is InChI=1S/C10H8BrF2N3/c1-16-9(8(11)10(14)15-16)5-2-3-6(12)7(13)4-5/h2-4H,1H3,(H2,14,15). The number of benzene rings is 1. The van der Waals surface area contributed by atoms with Gasteiger partial charge in [-0.3, -0.25) is 4.68 Å². The number of anilines is 1. The van der Waals surface area contributed by atoms with Gasteiger partial charge in [-0.15, -0.1) is 0 Å². The Hall–Kier alpha value is -1.43. The minimum Gasteiger partial charge on any atom is -0.381 e. The van der Waals surface area contributed by atoms with Crippen molar-refractivity contribution >= 4 is 21.7 Å². The lowest BCUT2D eigenvalue weighted by molar-refractivity contribution is 0.509. The summed E-state index contributed by atoms with van der Waals surface area (Å²) in [5.74, 6) is -1.47. The van der Waals surface area contributed by atoms with Gasteiger partial charge in [0.05, 0.1) is 10.2 Å². The topological polar surface area (TPSA) is 43.8 Å². The summed E-state index contributed by atoms with van der Waals surface area (Å²) in [7, 11) is 1.68. The molecule has 0 unspecified atom stereocenters. The lowest BCUT2D eigenvalue weighted by atomic mass is 10.1. The Morgan fingerprint density at radius 1 is 1.31 bits per heavy atom. The summed E-state index contributed by atoms with van der Waals surface area (Å²) >= 11 is 3.26. The highest BCUT2D eigenvalue weighted by molar-refractivity contribution is 9.10. The van der Waals surface area contributed by atoms with Gasteiger partial charge in [-0.05, 0) is 34.1 Å². The number of nitrogen functional groups attached to an aromatic ring is 1. The van der Waals surface area contributed by atoms with Crippen LogP contribution in [0.5, 0.6) is 0 Å². The van der Waals surface area contributed by atoms with Crippen molar-refractivity contribution < 1.29 is 8.78 Å². The van der Waals surface area contributed by atoms with Crippen LogP contribution in [0.1, 0.15) is 0 Å². The second-order valence-electron chi connectivity index (χ2n) is 3.30. The molecule has 0 radical (unpaired) electrons. The summed E-state index contributed by atoms with van der Waals surface area (Å²) in [6.07, 6.45) is 0. The summed E-state index contributed by atoms with van der Waals surface area (Å²) in [5.41, 5.74) is 6.72. The molecule has 0 saturated heterocycles. The lowest BCUT2D eigenvalue weighted by Crippen LogP contribution is -1.95. The summed E-state index contributed by atoms with van der Waals surface area (Å²) in [5, 5.41) is 3.97. The molecule has 2 N–H and O–H groups in total. The molecule has 0 aliphatic heterocycles. The van der Waals surface area contributed by atoms with Crippen LogP contribution in [0, 0.1) is 11.6 Å². The van der Waals surface area contributed by atoms with Crippen LogP contribution in [0.4, 0.5) is 14.6 Å². The molecule has 0 fully saturated rings. The second kappa shape index (κ2) is 3.86. The molecule has 1 aromatic carbocycles. The molecule has 6 heteroatoms. The number of aromatic nitrogens is 2. The van der Waals surface area contributed by atoms with E-state index in [2.05, 4.69) is 21.0 Å². The molecular weight excluding hydrogens is 280 g/mol. The van der Waals surface area contributed by atoms with Crippen molar-refractivity contribution in [2.75, 3.05) is 5.73 Å². The predicted molar refractivity (Wildman–Crippen MR) is 60.7 cm³/mol.